The standard InChI is InChI=1S/C26H30N4O2/c1-26(2,3)20-9-11-22(12-10-20)32-18-25(31)27-21-8-6-7-19(17-21)23-13-14-24(29-28-23)30-15-4-5-16-30/h6-14,17H,4-5,15-16,18H2,1-3H3,(H,27,31). The predicted octanol–water partition coefficient (Wildman–Crippen LogP) is 5.06. The van der Waals surface area contributed by atoms with Gasteiger partial charge in [0, 0.05) is 24.3 Å². The Morgan fingerprint density at radius 2 is 1.75 bits per heavy atom. The molecular weight excluding hydrogens is 400 g/mol. The molecule has 0 radical (unpaired) electrons. The second kappa shape index (κ2) is 9.39. The van der Waals surface area contributed by atoms with E-state index in [1.165, 1.54) is 18.4 Å². The van der Waals surface area contributed by atoms with E-state index in [0.29, 0.717) is 11.4 Å². The molecule has 166 valence electrons. The molecule has 0 spiro atoms. The molecular formula is C26H30N4O2. The monoisotopic (exact) mass is 430 g/mol. The Morgan fingerprint density at radius 3 is 2.41 bits per heavy atom. The normalized spacial score (nSPS) is 13.8. The summed E-state index contributed by atoms with van der Waals surface area (Å²) in [7, 11) is 0. The molecule has 0 bridgehead atoms. The zero-order chi connectivity index (χ0) is 22.6. The van der Waals surface area contributed by atoms with E-state index in [9.17, 15) is 4.79 Å². The van der Waals surface area contributed by atoms with Gasteiger partial charge in [-0.3, -0.25) is 4.79 Å². The maximum Gasteiger partial charge on any atom is 0.262 e. The predicted molar refractivity (Wildman–Crippen MR) is 128 cm³/mol. The van der Waals surface area contributed by atoms with Crippen LogP contribution >= 0.6 is 0 Å². The maximum atomic E-state index is 12.4. The number of carbonyl (C=O) groups is 1. The topological polar surface area (TPSA) is 67.3 Å². The van der Waals surface area contributed by atoms with Gasteiger partial charge >= 0.3 is 0 Å². The van der Waals surface area contributed by atoms with Gasteiger partial charge in [-0.1, -0.05) is 45.0 Å². The highest BCUT2D eigenvalue weighted by molar-refractivity contribution is 5.92. The van der Waals surface area contributed by atoms with Gasteiger partial charge in [-0.2, -0.15) is 0 Å². The number of ether oxygens (including phenoxy) is 1. The first kappa shape index (κ1) is 21.8. The lowest BCUT2D eigenvalue weighted by Crippen LogP contribution is -2.20. The fraction of sp³-hybridized carbons (Fsp3) is 0.346. The molecule has 2 heterocycles. The molecule has 0 aliphatic carbocycles. The van der Waals surface area contributed by atoms with Gasteiger partial charge in [0.25, 0.3) is 5.91 Å². The number of rotatable bonds is 6. The Labute approximate surface area is 189 Å². The van der Waals surface area contributed by atoms with E-state index in [1.54, 1.807) is 0 Å². The summed E-state index contributed by atoms with van der Waals surface area (Å²) in [4.78, 5) is 14.6. The molecule has 0 saturated carbocycles. The SMILES string of the molecule is CC(C)(C)c1ccc(OCC(=O)Nc2cccc(-c3ccc(N4CCCC4)nn3)c2)cc1. The molecule has 6 heteroatoms. The van der Waals surface area contributed by atoms with E-state index in [2.05, 4.69) is 41.2 Å². The van der Waals surface area contributed by atoms with Crippen molar-refractivity contribution >= 4 is 17.4 Å². The molecule has 1 saturated heterocycles. The van der Waals surface area contributed by atoms with Crippen molar-refractivity contribution in [2.45, 2.75) is 39.0 Å². The number of hydrogen-bond donors (Lipinski definition) is 1. The molecule has 6 nitrogen and oxygen atoms in total. The molecule has 1 aliphatic heterocycles. The molecule has 1 aromatic heterocycles. The van der Waals surface area contributed by atoms with E-state index in [1.807, 2.05) is 60.7 Å². The third-order valence-electron chi connectivity index (χ3n) is 5.61. The molecule has 4 rings (SSSR count). The van der Waals surface area contributed by atoms with Gasteiger partial charge in [0.2, 0.25) is 0 Å². The van der Waals surface area contributed by atoms with Crippen LogP contribution in [0.5, 0.6) is 5.75 Å². The molecule has 0 unspecified atom stereocenters. The molecule has 2 aromatic carbocycles. The number of anilines is 2. The van der Waals surface area contributed by atoms with E-state index < -0.39 is 0 Å². The fourth-order valence-electron chi connectivity index (χ4n) is 3.75. The Kier molecular flexibility index (Phi) is 6.40. The van der Waals surface area contributed by atoms with Gasteiger partial charge < -0.3 is 15.0 Å². The fourth-order valence-corrected chi connectivity index (χ4v) is 3.75. The summed E-state index contributed by atoms with van der Waals surface area (Å²) in [6.07, 6.45) is 2.41. The summed E-state index contributed by atoms with van der Waals surface area (Å²) in [5, 5.41) is 11.7. The number of hydrogen-bond acceptors (Lipinski definition) is 5. The largest absolute Gasteiger partial charge is 0.484 e. The third kappa shape index (κ3) is 5.44. The van der Waals surface area contributed by atoms with Crippen LogP contribution in [0.4, 0.5) is 11.5 Å². The van der Waals surface area contributed by atoms with Crippen LogP contribution < -0.4 is 15.0 Å². The Balaban J connectivity index is 1.34. The lowest BCUT2D eigenvalue weighted by molar-refractivity contribution is -0.118. The first-order valence-electron chi connectivity index (χ1n) is 11.1. The summed E-state index contributed by atoms with van der Waals surface area (Å²) in [5.41, 5.74) is 3.69. The summed E-state index contributed by atoms with van der Waals surface area (Å²) < 4.78 is 5.65. The van der Waals surface area contributed by atoms with Crippen molar-refractivity contribution < 1.29 is 9.53 Å². The van der Waals surface area contributed by atoms with Crippen molar-refractivity contribution in [3.63, 3.8) is 0 Å². The molecule has 1 aliphatic rings. The minimum Gasteiger partial charge on any atom is -0.484 e. The van der Waals surface area contributed by atoms with Crippen LogP contribution in [0.2, 0.25) is 0 Å². The average molecular weight is 431 g/mol. The van der Waals surface area contributed by atoms with Crippen LogP contribution in [0.25, 0.3) is 11.3 Å². The van der Waals surface area contributed by atoms with Crippen LogP contribution in [0.15, 0.2) is 60.7 Å². The number of nitrogens with zero attached hydrogens (tertiary/aromatic N) is 3. The molecule has 32 heavy (non-hydrogen) atoms. The number of nitrogens with one attached hydrogen (secondary N) is 1. The first-order valence-corrected chi connectivity index (χ1v) is 11.1. The highest BCUT2D eigenvalue weighted by Crippen LogP contribution is 2.25. The molecule has 1 N–H and O–H groups in total. The molecule has 0 atom stereocenters. The smallest absolute Gasteiger partial charge is 0.262 e. The third-order valence-corrected chi connectivity index (χ3v) is 5.61. The minimum atomic E-state index is -0.211. The van der Waals surface area contributed by atoms with Crippen LogP contribution in [0.1, 0.15) is 39.2 Å². The van der Waals surface area contributed by atoms with E-state index in [-0.39, 0.29) is 17.9 Å². The average Bonchev–Trinajstić information content (AvgIpc) is 3.33. The molecule has 1 amide bonds. The summed E-state index contributed by atoms with van der Waals surface area (Å²) in [6.45, 7) is 8.52. The van der Waals surface area contributed by atoms with Crippen molar-refractivity contribution in [2.24, 2.45) is 0 Å². The van der Waals surface area contributed by atoms with Crippen molar-refractivity contribution in [1.82, 2.24) is 10.2 Å². The van der Waals surface area contributed by atoms with Crippen molar-refractivity contribution in [3.05, 3.63) is 66.2 Å². The second-order valence-electron chi connectivity index (χ2n) is 9.16. The van der Waals surface area contributed by atoms with E-state index >= 15 is 0 Å². The lowest BCUT2D eigenvalue weighted by Gasteiger charge is -2.19. The van der Waals surface area contributed by atoms with Crippen molar-refractivity contribution in [2.75, 3.05) is 29.9 Å². The highest BCUT2D eigenvalue weighted by atomic mass is 16.5. The number of carbonyl (C=O) groups excluding carboxylic acids is 1. The van der Waals surface area contributed by atoms with E-state index in [4.69, 9.17) is 4.74 Å². The Hall–Kier alpha value is -3.41. The van der Waals surface area contributed by atoms with Crippen LogP contribution in [0, 0.1) is 0 Å². The lowest BCUT2D eigenvalue weighted by atomic mass is 9.87. The highest BCUT2D eigenvalue weighted by Gasteiger charge is 2.15. The van der Waals surface area contributed by atoms with Gasteiger partial charge in [-0.05, 0) is 60.2 Å². The van der Waals surface area contributed by atoms with Crippen LogP contribution in [0.3, 0.4) is 0 Å². The summed E-state index contributed by atoms with van der Waals surface area (Å²) in [5.74, 6) is 1.39. The van der Waals surface area contributed by atoms with Gasteiger partial charge in [0.05, 0.1) is 5.69 Å². The van der Waals surface area contributed by atoms with Gasteiger partial charge in [-0.25, -0.2) is 0 Å². The number of amides is 1. The Morgan fingerprint density at radius 1 is 1.00 bits per heavy atom. The van der Waals surface area contributed by atoms with Crippen molar-refractivity contribution in [1.29, 1.82) is 0 Å². The van der Waals surface area contributed by atoms with Gasteiger partial charge in [0.15, 0.2) is 12.4 Å². The van der Waals surface area contributed by atoms with E-state index in [0.717, 1.165) is 30.2 Å². The van der Waals surface area contributed by atoms with Gasteiger partial charge in [-0.15, -0.1) is 10.2 Å². The number of benzene rings is 2. The summed E-state index contributed by atoms with van der Waals surface area (Å²) >= 11 is 0. The molecule has 3 aromatic rings. The van der Waals surface area contributed by atoms with Crippen LogP contribution in [-0.2, 0) is 10.2 Å². The zero-order valence-corrected chi connectivity index (χ0v) is 19.0. The summed E-state index contributed by atoms with van der Waals surface area (Å²) in [6, 6.07) is 19.5. The van der Waals surface area contributed by atoms with Gasteiger partial charge in [0.1, 0.15) is 5.75 Å². The van der Waals surface area contributed by atoms with Crippen molar-refractivity contribution in [3.8, 4) is 17.0 Å². The minimum absolute atomic E-state index is 0.0522. The zero-order valence-electron chi connectivity index (χ0n) is 19.0. The quantitative estimate of drug-likeness (QED) is 0.592. The Bertz CT molecular complexity index is 1050. The number of aromatic nitrogens is 2. The maximum absolute atomic E-state index is 12.4. The first-order chi connectivity index (χ1) is 15.4. The molecule has 1 fully saturated rings. The second-order valence-corrected chi connectivity index (χ2v) is 9.16. The van der Waals surface area contributed by atoms with Crippen LogP contribution in [-0.4, -0.2) is 35.8 Å².